The normalized spacial score (nSPS) is 24.8. The summed E-state index contributed by atoms with van der Waals surface area (Å²) >= 11 is 0. The molecule has 3 heteroatoms. The van der Waals surface area contributed by atoms with E-state index in [0.29, 0.717) is 24.3 Å². The molecule has 14 heavy (non-hydrogen) atoms. The van der Waals surface area contributed by atoms with Crippen molar-refractivity contribution in [2.24, 2.45) is 5.92 Å². The summed E-state index contributed by atoms with van der Waals surface area (Å²) in [6.45, 7) is 9.09. The first-order valence-corrected chi connectivity index (χ1v) is 5.64. The number of carbonyl (C=O) groups excluding carboxylic acids is 1. The number of carbonyl (C=O) groups is 1. The van der Waals surface area contributed by atoms with Gasteiger partial charge in [-0.2, -0.15) is 0 Å². The van der Waals surface area contributed by atoms with E-state index < -0.39 is 0 Å². The zero-order valence-electron chi connectivity index (χ0n) is 9.55. The summed E-state index contributed by atoms with van der Waals surface area (Å²) in [4.78, 5) is 13.8. The second kappa shape index (κ2) is 5.35. The molecule has 1 aliphatic heterocycles. The van der Waals surface area contributed by atoms with E-state index in [1.807, 2.05) is 4.90 Å². The van der Waals surface area contributed by atoms with Crippen molar-refractivity contribution in [2.75, 3.05) is 19.6 Å². The van der Waals surface area contributed by atoms with Gasteiger partial charge in [0.05, 0.1) is 0 Å². The predicted molar refractivity (Wildman–Crippen MR) is 58.1 cm³/mol. The molecule has 1 heterocycles. The molecule has 1 rings (SSSR count). The van der Waals surface area contributed by atoms with Crippen LogP contribution in [0.3, 0.4) is 0 Å². The lowest BCUT2D eigenvalue weighted by atomic mass is 10.0. The van der Waals surface area contributed by atoms with Gasteiger partial charge < -0.3 is 10.2 Å². The predicted octanol–water partition coefficient (Wildman–Crippen LogP) is 1.24. The van der Waals surface area contributed by atoms with Gasteiger partial charge in [-0.3, -0.25) is 4.79 Å². The Bertz CT molecular complexity index is 194. The first kappa shape index (κ1) is 11.5. The summed E-state index contributed by atoms with van der Waals surface area (Å²) < 4.78 is 0. The number of piperazine rings is 1. The molecule has 82 valence electrons. The fourth-order valence-electron chi connectivity index (χ4n) is 1.73. The molecule has 0 aromatic rings. The van der Waals surface area contributed by atoms with Gasteiger partial charge in [-0.15, -0.1) is 0 Å². The summed E-state index contributed by atoms with van der Waals surface area (Å²) in [5.41, 5.74) is 0. The quantitative estimate of drug-likeness (QED) is 0.740. The van der Waals surface area contributed by atoms with Crippen LogP contribution >= 0.6 is 0 Å². The van der Waals surface area contributed by atoms with Crippen LogP contribution in [-0.2, 0) is 4.79 Å². The van der Waals surface area contributed by atoms with E-state index in [-0.39, 0.29) is 0 Å². The van der Waals surface area contributed by atoms with E-state index in [1.165, 1.54) is 0 Å². The smallest absolute Gasteiger partial charge is 0.222 e. The lowest BCUT2D eigenvalue weighted by molar-refractivity contribution is -0.133. The molecule has 0 radical (unpaired) electrons. The minimum Gasteiger partial charge on any atom is -0.340 e. The van der Waals surface area contributed by atoms with Crippen LogP contribution in [0, 0.1) is 5.92 Å². The second-order valence-electron chi connectivity index (χ2n) is 4.41. The average Bonchev–Trinajstić information content (AvgIpc) is 2.17. The van der Waals surface area contributed by atoms with Crippen LogP contribution < -0.4 is 5.32 Å². The van der Waals surface area contributed by atoms with Crippen LogP contribution in [0.4, 0.5) is 0 Å². The summed E-state index contributed by atoms with van der Waals surface area (Å²) in [7, 11) is 0. The van der Waals surface area contributed by atoms with Gasteiger partial charge in [0.15, 0.2) is 0 Å². The Morgan fingerprint density at radius 1 is 1.64 bits per heavy atom. The Morgan fingerprint density at radius 2 is 2.36 bits per heavy atom. The van der Waals surface area contributed by atoms with Gasteiger partial charge in [0.25, 0.3) is 0 Å². The Balaban J connectivity index is 2.36. The number of hydrogen-bond acceptors (Lipinski definition) is 2. The number of rotatable bonds is 3. The first-order chi connectivity index (χ1) is 6.63. The Hall–Kier alpha value is -0.570. The Morgan fingerprint density at radius 3 is 2.93 bits per heavy atom. The third kappa shape index (κ3) is 3.29. The molecule has 1 saturated heterocycles. The largest absolute Gasteiger partial charge is 0.340 e. The van der Waals surface area contributed by atoms with E-state index in [2.05, 4.69) is 26.1 Å². The summed E-state index contributed by atoms with van der Waals surface area (Å²) in [6.07, 6.45) is 1.80. The highest BCUT2D eigenvalue weighted by Crippen LogP contribution is 2.10. The molecule has 1 N–H and O–H groups in total. The molecule has 1 amide bonds. The first-order valence-electron chi connectivity index (χ1n) is 5.64. The zero-order chi connectivity index (χ0) is 10.6. The molecule has 0 aromatic carbocycles. The SMILES string of the molecule is CCC(C)CC(=O)N1CCNC(C)C1. The molecule has 0 spiro atoms. The molecule has 0 bridgehead atoms. The van der Waals surface area contributed by atoms with Crippen LogP contribution in [0.25, 0.3) is 0 Å². The lowest BCUT2D eigenvalue weighted by Gasteiger charge is -2.32. The van der Waals surface area contributed by atoms with Gasteiger partial charge >= 0.3 is 0 Å². The number of nitrogens with one attached hydrogen (secondary N) is 1. The van der Waals surface area contributed by atoms with E-state index >= 15 is 0 Å². The fourth-order valence-corrected chi connectivity index (χ4v) is 1.73. The molecular weight excluding hydrogens is 176 g/mol. The van der Waals surface area contributed by atoms with Gasteiger partial charge in [-0.05, 0) is 12.8 Å². The van der Waals surface area contributed by atoms with Gasteiger partial charge in [0, 0.05) is 32.1 Å². The summed E-state index contributed by atoms with van der Waals surface area (Å²) in [6, 6.07) is 0.449. The van der Waals surface area contributed by atoms with Crippen molar-refractivity contribution in [2.45, 2.75) is 39.7 Å². The monoisotopic (exact) mass is 198 g/mol. The van der Waals surface area contributed by atoms with Gasteiger partial charge in [-0.1, -0.05) is 20.3 Å². The van der Waals surface area contributed by atoms with Crippen LogP contribution in [0.5, 0.6) is 0 Å². The molecular formula is C11H22N2O. The lowest BCUT2D eigenvalue weighted by Crippen LogP contribution is -2.51. The van der Waals surface area contributed by atoms with Crippen molar-refractivity contribution < 1.29 is 4.79 Å². The zero-order valence-corrected chi connectivity index (χ0v) is 9.55. The third-order valence-electron chi connectivity index (χ3n) is 2.94. The van der Waals surface area contributed by atoms with Crippen molar-refractivity contribution in [3.63, 3.8) is 0 Å². The fraction of sp³-hybridized carbons (Fsp3) is 0.909. The maximum Gasteiger partial charge on any atom is 0.222 e. The molecule has 2 atom stereocenters. The van der Waals surface area contributed by atoms with E-state index in [0.717, 1.165) is 26.1 Å². The van der Waals surface area contributed by atoms with Gasteiger partial charge in [0.2, 0.25) is 5.91 Å². The molecule has 0 aromatic heterocycles. The minimum atomic E-state index is 0.327. The van der Waals surface area contributed by atoms with Crippen molar-refractivity contribution >= 4 is 5.91 Å². The Kier molecular flexibility index (Phi) is 4.39. The van der Waals surface area contributed by atoms with Gasteiger partial charge in [0.1, 0.15) is 0 Å². The highest BCUT2D eigenvalue weighted by Gasteiger charge is 2.21. The topological polar surface area (TPSA) is 32.3 Å². The number of nitrogens with zero attached hydrogens (tertiary/aromatic N) is 1. The molecule has 0 aliphatic carbocycles. The minimum absolute atomic E-state index is 0.327. The van der Waals surface area contributed by atoms with E-state index in [9.17, 15) is 4.79 Å². The van der Waals surface area contributed by atoms with Crippen LogP contribution in [0.15, 0.2) is 0 Å². The Labute approximate surface area is 86.9 Å². The highest BCUT2D eigenvalue weighted by atomic mass is 16.2. The van der Waals surface area contributed by atoms with Crippen molar-refractivity contribution in [3.05, 3.63) is 0 Å². The number of hydrogen-bond donors (Lipinski definition) is 1. The van der Waals surface area contributed by atoms with Crippen molar-refractivity contribution in [1.82, 2.24) is 10.2 Å². The van der Waals surface area contributed by atoms with Crippen molar-refractivity contribution in [3.8, 4) is 0 Å². The standard InChI is InChI=1S/C11H22N2O/c1-4-9(2)7-11(14)13-6-5-12-10(3)8-13/h9-10,12H,4-8H2,1-3H3. The molecule has 2 unspecified atom stereocenters. The average molecular weight is 198 g/mol. The maximum atomic E-state index is 11.8. The molecule has 0 saturated carbocycles. The summed E-state index contributed by atoms with van der Waals surface area (Å²) in [5.74, 6) is 0.848. The van der Waals surface area contributed by atoms with Crippen LogP contribution in [0.2, 0.25) is 0 Å². The van der Waals surface area contributed by atoms with E-state index in [1.54, 1.807) is 0 Å². The maximum absolute atomic E-state index is 11.8. The number of amides is 1. The van der Waals surface area contributed by atoms with Gasteiger partial charge in [-0.25, -0.2) is 0 Å². The van der Waals surface area contributed by atoms with E-state index in [4.69, 9.17) is 0 Å². The third-order valence-corrected chi connectivity index (χ3v) is 2.94. The molecule has 1 aliphatic rings. The van der Waals surface area contributed by atoms with Crippen LogP contribution in [-0.4, -0.2) is 36.5 Å². The van der Waals surface area contributed by atoms with Crippen molar-refractivity contribution in [1.29, 1.82) is 0 Å². The highest BCUT2D eigenvalue weighted by molar-refractivity contribution is 5.76. The molecule has 1 fully saturated rings. The van der Waals surface area contributed by atoms with Crippen LogP contribution in [0.1, 0.15) is 33.6 Å². The second-order valence-corrected chi connectivity index (χ2v) is 4.41. The summed E-state index contributed by atoms with van der Waals surface area (Å²) in [5, 5.41) is 3.34. The molecule has 3 nitrogen and oxygen atoms in total.